The number of carbonyl (C=O) groups is 2. The van der Waals surface area contributed by atoms with Gasteiger partial charge in [0.05, 0.1) is 25.4 Å². The van der Waals surface area contributed by atoms with Crippen molar-refractivity contribution in [1.29, 1.82) is 0 Å². The molecule has 8 atom stereocenters. The summed E-state index contributed by atoms with van der Waals surface area (Å²) in [5.41, 5.74) is 0. The Hall–Kier alpha value is -3.16. The van der Waals surface area contributed by atoms with Crippen molar-refractivity contribution >= 4 is 11.9 Å². The zero-order chi connectivity index (χ0) is 57.5. The van der Waals surface area contributed by atoms with E-state index in [4.69, 9.17) is 14.2 Å². The average Bonchev–Trinajstić information content (AvgIpc) is 3.45. The lowest BCUT2D eigenvalue weighted by Gasteiger charge is -2.41. The Labute approximate surface area is 483 Å². The summed E-state index contributed by atoms with van der Waals surface area (Å²) >= 11 is 0. The number of nitrogens with one attached hydrogen (secondary N) is 1. The summed E-state index contributed by atoms with van der Waals surface area (Å²) in [6.45, 7) is 5.64. The van der Waals surface area contributed by atoms with Crippen molar-refractivity contribution in [2.24, 2.45) is 0 Å². The van der Waals surface area contributed by atoms with E-state index in [-0.39, 0.29) is 19.4 Å². The lowest BCUT2D eigenvalue weighted by molar-refractivity contribution is -0.305. The molecule has 1 heterocycles. The molecule has 11 heteroatoms. The quantitative estimate of drug-likeness (QED) is 0.0195. The van der Waals surface area contributed by atoms with Gasteiger partial charge >= 0.3 is 5.97 Å². The number of esters is 1. The third-order valence-corrected chi connectivity index (χ3v) is 14.8. The van der Waals surface area contributed by atoms with E-state index in [0.29, 0.717) is 12.8 Å². The van der Waals surface area contributed by atoms with Crippen LogP contribution in [0, 0.1) is 0 Å². The largest absolute Gasteiger partial charge is 0.454 e. The molecule has 0 saturated carbocycles. The fourth-order valence-electron chi connectivity index (χ4n) is 9.73. The second kappa shape index (κ2) is 55.4. The number of carbonyl (C=O) groups excluding carboxylic acids is 2. The molecule has 0 aromatic carbocycles. The molecule has 0 aromatic heterocycles. The van der Waals surface area contributed by atoms with E-state index in [9.17, 15) is 35.1 Å². The van der Waals surface area contributed by atoms with Gasteiger partial charge in [0, 0.05) is 12.8 Å². The molecule has 11 nitrogen and oxygen atoms in total. The third kappa shape index (κ3) is 43.2. The van der Waals surface area contributed by atoms with Crippen molar-refractivity contribution in [3.63, 3.8) is 0 Å². The monoisotopic (exact) mass is 1110 g/mol. The Morgan fingerprint density at radius 1 is 0.506 bits per heavy atom. The topological polar surface area (TPSA) is 175 Å². The maximum absolute atomic E-state index is 13.4. The highest BCUT2D eigenvalue weighted by Gasteiger charge is 2.47. The molecule has 6 N–H and O–H groups in total. The molecule has 79 heavy (non-hydrogen) atoms. The van der Waals surface area contributed by atoms with E-state index < -0.39 is 67.4 Å². The van der Waals surface area contributed by atoms with Crippen LogP contribution in [0.25, 0.3) is 0 Å². The van der Waals surface area contributed by atoms with Crippen LogP contribution in [0.1, 0.15) is 271 Å². The Morgan fingerprint density at radius 3 is 1.32 bits per heavy atom. The van der Waals surface area contributed by atoms with Crippen LogP contribution in [0.15, 0.2) is 85.1 Å². The average molecular weight is 1110 g/mol. The van der Waals surface area contributed by atoms with Gasteiger partial charge in [0.25, 0.3) is 0 Å². The number of amides is 1. The van der Waals surface area contributed by atoms with Crippen molar-refractivity contribution in [2.75, 3.05) is 13.2 Å². The van der Waals surface area contributed by atoms with E-state index in [1.54, 1.807) is 12.2 Å². The van der Waals surface area contributed by atoms with Crippen LogP contribution in [0.3, 0.4) is 0 Å². The molecule has 0 aromatic rings. The van der Waals surface area contributed by atoms with E-state index in [1.807, 2.05) is 18.2 Å². The maximum atomic E-state index is 13.4. The number of rotatable bonds is 54. The standard InChI is InChI=1S/C68H119NO10/c1-4-7-10-13-16-19-22-24-26-28-30-31-32-34-36-38-41-44-47-50-53-56-63(73)79-66-65(75)64(74)62(57-70)78-68(66)77-58-59(60(71)54-51-48-45-42-39-21-18-15-12-9-6-3)69-67(76)61(72)55-52-49-46-43-40-37-35-33-29-27-25-23-20-17-14-11-8-5-2/h8,11,17,20,25,27,33,35,40,43,49,51-52,54,59-62,64-66,68,70-72,74-75H,4-7,9-10,12-16,18-19,21-24,26,28-32,34,36-39,41-42,44-48,50,53,55-58H2,1-3H3,(H,69,76)/b11-8-,20-17-,27-25-,35-33-,43-40-,52-49-,54-51+. The number of aliphatic hydroxyl groups is 5. The summed E-state index contributed by atoms with van der Waals surface area (Å²) in [6, 6.07) is -1.07. The number of unbranched alkanes of at least 4 members (excludes halogenated alkanes) is 29. The van der Waals surface area contributed by atoms with Crippen molar-refractivity contribution in [3.8, 4) is 0 Å². The molecule has 1 saturated heterocycles. The zero-order valence-corrected chi connectivity index (χ0v) is 50.5. The number of ether oxygens (including phenoxy) is 3. The highest BCUT2D eigenvalue weighted by atomic mass is 16.7. The Bertz CT molecular complexity index is 1610. The van der Waals surface area contributed by atoms with Gasteiger partial charge in [-0.2, -0.15) is 0 Å². The van der Waals surface area contributed by atoms with E-state index in [1.165, 1.54) is 148 Å². The summed E-state index contributed by atoms with van der Waals surface area (Å²) in [6.07, 6.45) is 62.2. The normalized spacial score (nSPS) is 19.4. The zero-order valence-electron chi connectivity index (χ0n) is 50.5. The maximum Gasteiger partial charge on any atom is 0.306 e. The summed E-state index contributed by atoms with van der Waals surface area (Å²) in [4.78, 5) is 26.5. The molecular weight excluding hydrogens is 991 g/mol. The fraction of sp³-hybridized carbons (Fsp3) is 0.765. The minimum atomic E-state index is -1.63. The first kappa shape index (κ1) is 73.9. The first-order valence-corrected chi connectivity index (χ1v) is 32.4. The molecule has 0 aliphatic carbocycles. The van der Waals surface area contributed by atoms with Crippen LogP contribution in [-0.2, 0) is 23.8 Å². The highest BCUT2D eigenvalue weighted by Crippen LogP contribution is 2.26. The predicted octanol–water partition coefficient (Wildman–Crippen LogP) is 15.7. The van der Waals surface area contributed by atoms with Gasteiger partial charge in [-0.25, -0.2) is 0 Å². The molecular formula is C68H119NO10. The Morgan fingerprint density at radius 2 is 0.899 bits per heavy atom. The highest BCUT2D eigenvalue weighted by molar-refractivity contribution is 5.81. The van der Waals surface area contributed by atoms with Gasteiger partial charge in [-0.1, -0.05) is 286 Å². The summed E-state index contributed by atoms with van der Waals surface area (Å²) in [5.74, 6) is -1.28. The molecule has 1 aliphatic rings. The molecule has 0 radical (unpaired) electrons. The van der Waals surface area contributed by atoms with Crippen LogP contribution in [0.4, 0.5) is 0 Å². The van der Waals surface area contributed by atoms with E-state index in [0.717, 1.165) is 77.0 Å². The van der Waals surface area contributed by atoms with Crippen LogP contribution in [0.2, 0.25) is 0 Å². The molecule has 1 amide bonds. The van der Waals surface area contributed by atoms with Gasteiger partial charge in [0.1, 0.15) is 24.4 Å². The van der Waals surface area contributed by atoms with Crippen molar-refractivity contribution < 1.29 is 49.3 Å². The van der Waals surface area contributed by atoms with Gasteiger partial charge in [-0.05, 0) is 57.8 Å². The first-order valence-electron chi connectivity index (χ1n) is 32.4. The third-order valence-electron chi connectivity index (χ3n) is 14.8. The second-order valence-electron chi connectivity index (χ2n) is 22.1. The molecule has 8 unspecified atom stereocenters. The number of hydrogen-bond acceptors (Lipinski definition) is 10. The summed E-state index contributed by atoms with van der Waals surface area (Å²) < 4.78 is 17.6. The number of aliphatic hydroxyl groups excluding tert-OH is 5. The molecule has 456 valence electrons. The second-order valence-corrected chi connectivity index (χ2v) is 22.1. The van der Waals surface area contributed by atoms with Gasteiger partial charge in [-0.3, -0.25) is 9.59 Å². The van der Waals surface area contributed by atoms with Gasteiger partial charge in [0.2, 0.25) is 5.91 Å². The summed E-state index contributed by atoms with van der Waals surface area (Å²) in [7, 11) is 0. The Kier molecular flexibility index (Phi) is 51.8. The van der Waals surface area contributed by atoms with Crippen molar-refractivity contribution in [1.82, 2.24) is 5.32 Å². The number of hydrogen-bond donors (Lipinski definition) is 6. The van der Waals surface area contributed by atoms with Crippen LogP contribution in [0.5, 0.6) is 0 Å². The lowest BCUT2D eigenvalue weighted by atomic mass is 9.99. The van der Waals surface area contributed by atoms with Gasteiger partial charge < -0.3 is 45.1 Å². The van der Waals surface area contributed by atoms with E-state index in [2.05, 4.69) is 80.8 Å². The minimum Gasteiger partial charge on any atom is -0.454 e. The van der Waals surface area contributed by atoms with Gasteiger partial charge in [0.15, 0.2) is 12.4 Å². The fourth-order valence-corrected chi connectivity index (χ4v) is 9.73. The smallest absolute Gasteiger partial charge is 0.306 e. The van der Waals surface area contributed by atoms with Crippen LogP contribution >= 0.6 is 0 Å². The molecule has 1 aliphatic heterocycles. The summed E-state index contributed by atoms with van der Waals surface area (Å²) in [5, 5.41) is 56.9. The van der Waals surface area contributed by atoms with Gasteiger partial charge in [-0.15, -0.1) is 0 Å². The van der Waals surface area contributed by atoms with Crippen molar-refractivity contribution in [2.45, 2.75) is 320 Å². The molecule has 1 rings (SSSR count). The molecule has 0 bridgehead atoms. The predicted molar refractivity (Wildman–Crippen MR) is 329 cm³/mol. The van der Waals surface area contributed by atoms with Crippen LogP contribution < -0.4 is 5.32 Å². The number of allylic oxidation sites excluding steroid dienone is 12. The lowest BCUT2D eigenvalue weighted by Crippen LogP contribution is -2.61. The van der Waals surface area contributed by atoms with Crippen LogP contribution in [-0.4, -0.2) is 99.6 Å². The molecule has 0 spiro atoms. The van der Waals surface area contributed by atoms with Crippen molar-refractivity contribution in [3.05, 3.63) is 85.1 Å². The Balaban J connectivity index is 2.67. The SMILES string of the molecule is CC/C=C\C/C=C\C/C=C\C/C=C\C/C=C\C/C=C\CC(O)C(=O)NC(COC1OC(CO)C(O)C(O)C1OC(=O)CCCCCCCCCCCCCCCCCCCCCCC)C(O)/C=C/CCCCCCCCCCC. The minimum absolute atomic E-state index is 0.0558. The molecule has 1 fully saturated rings. The van der Waals surface area contributed by atoms with E-state index >= 15 is 0 Å². The first-order chi connectivity index (χ1) is 38.7.